The average Bonchev–Trinajstić information content (AvgIpc) is 3.45. The van der Waals surface area contributed by atoms with Crippen LogP contribution in [0.2, 0.25) is 0 Å². The maximum absolute atomic E-state index is 12.1. The summed E-state index contributed by atoms with van der Waals surface area (Å²) < 4.78 is 5.09. The lowest BCUT2D eigenvalue weighted by molar-refractivity contribution is -0.140. The zero-order valence-electron chi connectivity index (χ0n) is 16.0. The van der Waals surface area contributed by atoms with Crippen LogP contribution < -0.4 is 15.4 Å². The summed E-state index contributed by atoms with van der Waals surface area (Å²) in [6.45, 7) is 0.783. The van der Waals surface area contributed by atoms with Crippen LogP contribution >= 0.6 is 0 Å². The molecule has 3 N–H and O–H groups in total. The highest BCUT2D eigenvalue weighted by molar-refractivity contribution is 5.96. The van der Waals surface area contributed by atoms with Crippen molar-refractivity contribution < 1.29 is 24.2 Å². The van der Waals surface area contributed by atoms with Crippen molar-refractivity contribution in [2.45, 2.75) is 37.8 Å². The normalized spacial score (nSPS) is 20.9. The van der Waals surface area contributed by atoms with E-state index < -0.39 is 5.97 Å². The number of methoxy groups -OCH3 is 1. The smallest absolute Gasteiger partial charge is 0.317 e. The van der Waals surface area contributed by atoms with Gasteiger partial charge < -0.3 is 20.5 Å². The molecule has 152 valence electrons. The molecular weight excluding hydrogens is 362 g/mol. The van der Waals surface area contributed by atoms with Crippen molar-refractivity contribution in [3.63, 3.8) is 0 Å². The number of aliphatic carboxylic acids is 1. The molecule has 0 saturated heterocycles. The van der Waals surface area contributed by atoms with Crippen LogP contribution in [0.1, 0.15) is 36.0 Å². The molecule has 2 fully saturated rings. The third kappa shape index (κ3) is 5.69. The number of nitrogens with one attached hydrogen (secondary N) is 2. The van der Waals surface area contributed by atoms with Gasteiger partial charge in [-0.1, -0.05) is 6.07 Å². The second-order valence-electron chi connectivity index (χ2n) is 7.57. The zero-order chi connectivity index (χ0) is 20.1. The molecule has 0 atom stereocenters. The maximum atomic E-state index is 12.1. The fraction of sp³-hybridized carbons (Fsp3) is 0.550. The molecule has 0 unspecified atom stereocenters. The second-order valence-corrected chi connectivity index (χ2v) is 7.57. The lowest BCUT2D eigenvalue weighted by atomic mass is 9.85. The highest BCUT2D eigenvalue weighted by atomic mass is 16.5. The first-order valence-electron chi connectivity index (χ1n) is 9.62. The summed E-state index contributed by atoms with van der Waals surface area (Å²) in [7, 11) is 1.53. The zero-order valence-corrected chi connectivity index (χ0v) is 16.0. The number of benzene rings is 1. The van der Waals surface area contributed by atoms with Gasteiger partial charge in [-0.15, -0.1) is 0 Å². The van der Waals surface area contributed by atoms with Gasteiger partial charge in [-0.25, -0.2) is 0 Å². The van der Waals surface area contributed by atoms with Crippen LogP contribution in [0, 0.1) is 5.92 Å². The summed E-state index contributed by atoms with van der Waals surface area (Å²) >= 11 is 0. The summed E-state index contributed by atoms with van der Waals surface area (Å²) in [6, 6.07) is 6.96. The van der Waals surface area contributed by atoms with Crippen LogP contribution in [0.25, 0.3) is 0 Å². The molecule has 8 heteroatoms. The van der Waals surface area contributed by atoms with E-state index in [-0.39, 0.29) is 37.0 Å². The van der Waals surface area contributed by atoms with E-state index in [4.69, 9.17) is 9.84 Å². The Kier molecular flexibility index (Phi) is 6.51. The number of carbonyl (C=O) groups excluding carboxylic acids is 2. The third-order valence-corrected chi connectivity index (χ3v) is 5.26. The van der Waals surface area contributed by atoms with Gasteiger partial charge in [-0.3, -0.25) is 19.3 Å². The molecule has 2 aliphatic carbocycles. The van der Waals surface area contributed by atoms with Crippen LogP contribution in [-0.4, -0.2) is 66.6 Å². The van der Waals surface area contributed by atoms with Crippen molar-refractivity contribution in [1.29, 1.82) is 0 Å². The van der Waals surface area contributed by atoms with E-state index in [1.54, 1.807) is 24.3 Å². The molecule has 2 amide bonds. The Morgan fingerprint density at radius 2 is 2.00 bits per heavy atom. The van der Waals surface area contributed by atoms with E-state index in [0.29, 0.717) is 17.2 Å². The SMILES string of the molecule is COc1cccc(C(=O)NCC(=O)NC2CC(N(CC(=O)O)CC3CC3)C2)c1. The maximum Gasteiger partial charge on any atom is 0.317 e. The third-order valence-electron chi connectivity index (χ3n) is 5.26. The van der Waals surface area contributed by atoms with Gasteiger partial charge in [0, 0.05) is 24.2 Å². The first-order valence-corrected chi connectivity index (χ1v) is 9.62. The molecule has 0 aromatic heterocycles. The largest absolute Gasteiger partial charge is 0.497 e. The Bertz CT molecular complexity index is 728. The van der Waals surface area contributed by atoms with Crippen LogP contribution in [0.15, 0.2) is 24.3 Å². The van der Waals surface area contributed by atoms with Gasteiger partial charge in [0.05, 0.1) is 20.2 Å². The number of carbonyl (C=O) groups is 3. The van der Waals surface area contributed by atoms with Gasteiger partial charge in [0.1, 0.15) is 5.75 Å². The summed E-state index contributed by atoms with van der Waals surface area (Å²) in [5, 5.41) is 14.6. The fourth-order valence-electron chi connectivity index (χ4n) is 3.46. The van der Waals surface area contributed by atoms with Crippen LogP contribution in [0.3, 0.4) is 0 Å². The monoisotopic (exact) mass is 389 g/mol. The van der Waals surface area contributed by atoms with Gasteiger partial charge in [0.25, 0.3) is 5.91 Å². The molecule has 1 aromatic carbocycles. The van der Waals surface area contributed by atoms with Gasteiger partial charge in [-0.05, 0) is 49.8 Å². The quantitative estimate of drug-likeness (QED) is 0.548. The van der Waals surface area contributed by atoms with E-state index in [1.165, 1.54) is 20.0 Å². The molecule has 2 saturated carbocycles. The Labute approximate surface area is 164 Å². The highest BCUT2D eigenvalue weighted by Gasteiger charge is 2.37. The van der Waals surface area contributed by atoms with E-state index in [1.807, 2.05) is 4.90 Å². The number of hydrogen-bond donors (Lipinski definition) is 3. The van der Waals surface area contributed by atoms with Crippen molar-refractivity contribution in [3.8, 4) is 5.75 Å². The standard InChI is InChI=1S/C20H27N3O5/c1-28-17-4-2-3-14(7-17)20(27)21-10-18(24)22-15-8-16(9-15)23(12-19(25)26)11-13-5-6-13/h2-4,7,13,15-16H,5-6,8-12H2,1H3,(H,21,27)(H,22,24)(H,25,26). The molecule has 0 aliphatic heterocycles. The number of carboxylic acids is 1. The molecule has 0 bridgehead atoms. The molecule has 8 nitrogen and oxygen atoms in total. The van der Waals surface area contributed by atoms with Crippen LogP contribution in [0.4, 0.5) is 0 Å². The first-order chi connectivity index (χ1) is 13.4. The predicted molar refractivity (Wildman–Crippen MR) is 102 cm³/mol. The van der Waals surface area contributed by atoms with Crippen LogP contribution in [-0.2, 0) is 9.59 Å². The number of carboxylic acid groups (broad SMARTS) is 1. The van der Waals surface area contributed by atoms with Crippen molar-refractivity contribution in [2.24, 2.45) is 5.92 Å². The average molecular weight is 389 g/mol. The molecular formula is C20H27N3O5. The van der Waals surface area contributed by atoms with Gasteiger partial charge in [0.2, 0.25) is 5.91 Å². The minimum Gasteiger partial charge on any atom is -0.497 e. The van der Waals surface area contributed by atoms with E-state index in [2.05, 4.69) is 10.6 Å². The summed E-state index contributed by atoms with van der Waals surface area (Å²) in [6.07, 6.45) is 3.84. The highest BCUT2D eigenvalue weighted by Crippen LogP contribution is 2.33. The second kappa shape index (κ2) is 9.05. The topological polar surface area (TPSA) is 108 Å². The lowest BCUT2D eigenvalue weighted by Crippen LogP contribution is -2.56. The number of amides is 2. The molecule has 0 heterocycles. The Hall–Kier alpha value is -2.61. The molecule has 0 radical (unpaired) electrons. The van der Waals surface area contributed by atoms with E-state index in [0.717, 1.165) is 19.4 Å². The predicted octanol–water partition coefficient (Wildman–Crippen LogP) is 0.869. The molecule has 1 aromatic rings. The summed E-state index contributed by atoms with van der Waals surface area (Å²) in [5.74, 6) is -0.188. The van der Waals surface area contributed by atoms with Gasteiger partial charge in [-0.2, -0.15) is 0 Å². The van der Waals surface area contributed by atoms with Crippen molar-refractivity contribution in [3.05, 3.63) is 29.8 Å². The summed E-state index contributed by atoms with van der Waals surface area (Å²) in [4.78, 5) is 37.3. The Morgan fingerprint density at radius 3 is 2.64 bits per heavy atom. The minimum absolute atomic E-state index is 0.0294. The van der Waals surface area contributed by atoms with Crippen molar-refractivity contribution >= 4 is 17.8 Å². The van der Waals surface area contributed by atoms with Crippen molar-refractivity contribution in [2.75, 3.05) is 26.7 Å². The summed E-state index contributed by atoms with van der Waals surface area (Å²) in [5.41, 5.74) is 0.431. The number of nitrogens with zero attached hydrogens (tertiary/aromatic N) is 1. The van der Waals surface area contributed by atoms with E-state index >= 15 is 0 Å². The van der Waals surface area contributed by atoms with Crippen molar-refractivity contribution in [1.82, 2.24) is 15.5 Å². The first kappa shape index (κ1) is 20.1. The van der Waals surface area contributed by atoms with Crippen LogP contribution in [0.5, 0.6) is 5.75 Å². The van der Waals surface area contributed by atoms with E-state index in [9.17, 15) is 14.4 Å². The Balaban J connectivity index is 1.38. The number of hydrogen-bond acceptors (Lipinski definition) is 5. The van der Waals surface area contributed by atoms with Gasteiger partial charge >= 0.3 is 5.97 Å². The molecule has 3 rings (SSSR count). The Morgan fingerprint density at radius 1 is 1.25 bits per heavy atom. The molecule has 0 spiro atoms. The van der Waals surface area contributed by atoms with Gasteiger partial charge in [0.15, 0.2) is 0 Å². The number of rotatable bonds is 10. The lowest BCUT2D eigenvalue weighted by Gasteiger charge is -2.42. The molecule has 28 heavy (non-hydrogen) atoms. The minimum atomic E-state index is -0.812. The number of ether oxygens (including phenoxy) is 1. The molecule has 2 aliphatic rings. The fourth-order valence-corrected chi connectivity index (χ4v) is 3.46.